The number of aryl methyl sites for hydroxylation is 4. The van der Waals surface area contributed by atoms with E-state index < -0.39 is 0 Å². The van der Waals surface area contributed by atoms with E-state index in [1.54, 1.807) is 0 Å². The molecule has 0 fully saturated rings. The Hall–Kier alpha value is -7.16. The third-order valence-corrected chi connectivity index (χ3v) is 11.7. The van der Waals surface area contributed by atoms with Crippen molar-refractivity contribution in [3.63, 3.8) is 0 Å². The van der Waals surface area contributed by atoms with Crippen molar-refractivity contribution in [3.8, 4) is 67.3 Å². The van der Waals surface area contributed by atoms with Gasteiger partial charge in [0.15, 0.2) is 0 Å². The Morgan fingerprint density at radius 2 is 0.517 bits per heavy atom. The molecule has 8 aromatic carbocycles. The maximum atomic E-state index is 2.42. The van der Waals surface area contributed by atoms with Crippen molar-refractivity contribution in [2.45, 2.75) is 27.7 Å². The van der Waals surface area contributed by atoms with Crippen LogP contribution in [0.2, 0.25) is 0 Å². The summed E-state index contributed by atoms with van der Waals surface area (Å²) in [4.78, 5) is 0. The average Bonchev–Trinajstić information content (AvgIpc) is 3.84. The molecule has 2 heterocycles. The number of hydrogen-bond donors (Lipinski definition) is 0. The average molecular weight is 745 g/mol. The summed E-state index contributed by atoms with van der Waals surface area (Å²) in [5, 5.41) is 2.50. The van der Waals surface area contributed by atoms with Crippen LogP contribution in [0.5, 0.6) is 0 Å². The maximum Gasteiger partial charge on any atom is 0.0541 e. The lowest BCUT2D eigenvalue weighted by atomic mass is 9.99. The molecular formula is C56H44N2. The SMILES string of the molecule is Cc1ccc(-c2ccc3c(c2)c2cc(-c4ccc(C)cc4)ccc2n3-c2ccc(-c3ccc(-n4c(-c5ccc(C)cc5)ccc4-c4ccc(C)cc4)cc3)cc2)cc1. The van der Waals surface area contributed by atoms with Gasteiger partial charge in [-0.3, -0.25) is 0 Å². The van der Waals surface area contributed by atoms with Gasteiger partial charge in [0.2, 0.25) is 0 Å². The Bertz CT molecular complexity index is 2900. The van der Waals surface area contributed by atoms with E-state index in [0.29, 0.717) is 0 Å². The second-order valence-corrected chi connectivity index (χ2v) is 15.8. The van der Waals surface area contributed by atoms with Crippen molar-refractivity contribution in [3.05, 3.63) is 216 Å². The van der Waals surface area contributed by atoms with E-state index in [0.717, 1.165) is 11.4 Å². The minimum Gasteiger partial charge on any atom is -0.309 e. The molecule has 2 aromatic heterocycles. The monoisotopic (exact) mass is 744 g/mol. The van der Waals surface area contributed by atoms with Gasteiger partial charge < -0.3 is 9.13 Å². The van der Waals surface area contributed by atoms with Crippen LogP contribution in [-0.4, -0.2) is 9.13 Å². The highest BCUT2D eigenvalue weighted by Gasteiger charge is 2.17. The lowest BCUT2D eigenvalue weighted by molar-refractivity contribution is 1.09. The van der Waals surface area contributed by atoms with Crippen LogP contribution in [0.1, 0.15) is 22.3 Å². The lowest BCUT2D eigenvalue weighted by Crippen LogP contribution is -1.99. The molecule has 0 saturated heterocycles. The van der Waals surface area contributed by atoms with Crippen LogP contribution in [0.3, 0.4) is 0 Å². The minimum absolute atomic E-state index is 1.14. The molecule has 2 nitrogen and oxygen atoms in total. The standard InChI is InChI=1S/C56H44N2/c1-37-5-13-43(14-6-37)47-25-31-55-51(35-47)52-36-48(44-15-7-38(2)8-16-44)26-32-56(52)58(55)50-29-23-42(24-30-50)41-21-27-49(28-22-41)57-53(45-17-9-39(3)10-18-45)33-34-54(57)46-19-11-40(4)12-20-46/h5-36H,1-4H3. The summed E-state index contributed by atoms with van der Waals surface area (Å²) in [6.07, 6.45) is 0. The summed E-state index contributed by atoms with van der Waals surface area (Å²) in [5.74, 6) is 0. The van der Waals surface area contributed by atoms with Gasteiger partial charge in [-0.15, -0.1) is 0 Å². The first-order valence-corrected chi connectivity index (χ1v) is 20.2. The number of fused-ring (bicyclic) bond motifs is 3. The van der Waals surface area contributed by atoms with E-state index in [2.05, 4.69) is 231 Å². The molecule has 0 N–H and O–H groups in total. The number of rotatable bonds is 7. The van der Waals surface area contributed by atoms with Crippen LogP contribution in [0.15, 0.2) is 194 Å². The van der Waals surface area contributed by atoms with Crippen molar-refractivity contribution in [2.75, 3.05) is 0 Å². The van der Waals surface area contributed by atoms with Crippen LogP contribution in [0.25, 0.3) is 89.1 Å². The molecule has 0 aliphatic rings. The molecule has 10 aromatic rings. The Labute approximate surface area is 340 Å². The molecular weight excluding hydrogens is 701 g/mol. The van der Waals surface area contributed by atoms with Crippen molar-refractivity contribution in [1.82, 2.24) is 9.13 Å². The Morgan fingerprint density at radius 3 is 0.879 bits per heavy atom. The zero-order valence-electron chi connectivity index (χ0n) is 33.4. The topological polar surface area (TPSA) is 9.86 Å². The van der Waals surface area contributed by atoms with Gasteiger partial charge in [-0.2, -0.15) is 0 Å². The Kier molecular flexibility index (Phi) is 8.76. The summed E-state index contributed by atoms with van der Waals surface area (Å²) in [6.45, 7) is 8.56. The van der Waals surface area contributed by atoms with Crippen LogP contribution >= 0.6 is 0 Å². The highest BCUT2D eigenvalue weighted by Crippen LogP contribution is 2.38. The highest BCUT2D eigenvalue weighted by atomic mass is 15.0. The molecule has 0 bridgehead atoms. The molecule has 0 aliphatic heterocycles. The van der Waals surface area contributed by atoms with E-state index in [9.17, 15) is 0 Å². The molecule has 0 saturated carbocycles. The van der Waals surface area contributed by atoms with Gasteiger partial charge in [0.05, 0.1) is 22.4 Å². The molecule has 0 amide bonds. The second-order valence-electron chi connectivity index (χ2n) is 15.8. The molecule has 0 spiro atoms. The number of aromatic nitrogens is 2. The fourth-order valence-corrected chi connectivity index (χ4v) is 8.37. The van der Waals surface area contributed by atoms with Crippen LogP contribution in [-0.2, 0) is 0 Å². The van der Waals surface area contributed by atoms with Crippen molar-refractivity contribution >= 4 is 21.8 Å². The van der Waals surface area contributed by atoms with Gasteiger partial charge in [0, 0.05) is 22.1 Å². The van der Waals surface area contributed by atoms with Crippen LogP contribution in [0, 0.1) is 27.7 Å². The van der Waals surface area contributed by atoms with Gasteiger partial charge in [0.1, 0.15) is 0 Å². The van der Waals surface area contributed by atoms with E-state index in [1.165, 1.54) is 100.0 Å². The van der Waals surface area contributed by atoms with Gasteiger partial charge in [-0.1, -0.05) is 156 Å². The molecule has 0 radical (unpaired) electrons. The first-order valence-electron chi connectivity index (χ1n) is 20.2. The van der Waals surface area contributed by atoms with Gasteiger partial charge in [-0.25, -0.2) is 0 Å². The number of benzene rings is 8. The van der Waals surface area contributed by atoms with E-state index >= 15 is 0 Å². The fraction of sp³-hybridized carbons (Fsp3) is 0.0714. The molecule has 58 heavy (non-hydrogen) atoms. The predicted molar refractivity (Wildman–Crippen MR) is 246 cm³/mol. The summed E-state index contributed by atoms with van der Waals surface area (Å²) in [6, 6.07) is 71.7. The zero-order chi connectivity index (χ0) is 39.3. The van der Waals surface area contributed by atoms with Gasteiger partial charge in [-0.05, 0) is 133 Å². The van der Waals surface area contributed by atoms with Crippen LogP contribution < -0.4 is 0 Å². The second kappa shape index (κ2) is 14.4. The number of hydrogen-bond acceptors (Lipinski definition) is 0. The Morgan fingerprint density at radius 1 is 0.241 bits per heavy atom. The zero-order valence-corrected chi connectivity index (χ0v) is 33.4. The smallest absolute Gasteiger partial charge is 0.0541 e. The fourth-order valence-electron chi connectivity index (χ4n) is 8.37. The van der Waals surface area contributed by atoms with Gasteiger partial charge in [0.25, 0.3) is 0 Å². The van der Waals surface area contributed by atoms with Crippen LogP contribution in [0.4, 0.5) is 0 Å². The molecule has 10 rings (SSSR count). The van der Waals surface area contributed by atoms with Crippen molar-refractivity contribution in [2.24, 2.45) is 0 Å². The quantitative estimate of drug-likeness (QED) is 0.154. The molecule has 278 valence electrons. The van der Waals surface area contributed by atoms with Crippen molar-refractivity contribution < 1.29 is 0 Å². The summed E-state index contributed by atoms with van der Waals surface area (Å²) < 4.78 is 4.81. The third kappa shape index (κ3) is 6.43. The molecule has 0 atom stereocenters. The summed E-state index contributed by atoms with van der Waals surface area (Å²) in [7, 11) is 0. The highest BCUT2D eigenvalue weighted by molar-refractivity contribution is 6.11. The first-order chi connectivity index (χ1) is 28.4. The molecule has 2 heteroatoms. The Balaban J connectivity index is 1.03. The third-order valence-electron chi connectivity index (χ3n) is 11.7. The minimum atomic E-state index is 1.14. The maximum absolute atomic E-state index is 2.42. The molecule has 0 unspecified atom stereocenters. The largest absolute Gasteiger partial charge is 0.309 e. The number of nitrogens with zero attached hydrogens (tertiary/aromatic N) is 2. The van der Waals surface area contributed by atoms with E-state index in [1.807, 2.05) is 0 Å². The molecule has 0 aliphatic carbocycles. The van der Waals surface area contributed by atoms with Gasteiger partial charge >= 0.3 is 0 Å². The summed E-state index contributed by atoms with van der Waals surface area (Å²) >= 11 is 0. The summed E-state index contributed by atoms with van der Waals surface area (Å²) in [5.41, 5.74) is 21.8. The predicted octanol–water partition coefficient (Wildman–Crippen LogP) is 15.1. The normalized spacial score (nSPS) is 11.4. The van der Waals surface area contributed by atoms with Crippen molar-refractivity contribution in [1.29, 1.82) is 0 Å². The first kappa shape index (κ1) is 35.3. The lowest BCUT2D eigenvalue weighted by Gasteiger charge is -2.16. The van der Waals surface area contributed by atoms with E-state index in [4.69, 9.17) is 0 Å². The van der Waals surface area contributed by atoms with E-state index in [-0.39, 0.29) is 0 Å².